The van der Waals surface area contributed by atoms with E-state index in [0.717, 1.165) is 10.9 Å². The van der Waals surface area contributed by atoms with E-state index in [-0.39, 0.29) is 11.8 Å². The topological polar surface area (TPSA) is 55.1 Å². The summed E-state index contributed by atoms with van der Waals surface area (Å²) in [7, 11) is 0. The first kappa shape index (κ1) is 14.5. The monoisotopic (exact) mass is 318 g/mol. The molecule has 5 heteroatoms. The van der Waals surface area contributed by atoms with Crippen LogP contribution in [0, 0.1) is 5.92 Å². The van der Waals surface area contributed by atoms with Crippen LogP contribution < -0.4 is 11.1 Å². The molecule has 3 nitrogen and oxygen atoms in total. The molecule has 0 aliphatic rings. The second-order valence-corrected chi connectivity index (χ2v) is 5.35. The molecular weight excluding hydrogens is 304 g/mol. The fourth-order valence-corrected chi connectivity index (χ4v) is 1.85. The van der Waals surface area contributed by atoms with Gasteiger partial charge in [0.15, 0.2) is 0 Å². The summed E-state index contributed by atoms with van der Waals surface area (Å²) in [4.78, 5) is 11.9. The van der Waals surface area contributed by atoms with Gasteiger partial charge in [-0.25, -0.2) is 0 Å². The number of nitrogens with two attached hydrogens (primary N) is 1. The van der Waals surface area contributed by atoms with Gasteiger partial charge in [0, 0.05) is 4.47 Å². The van der Waals surface area contributed by atoms with Crippen molar-refractivity contribution < 1.29 is 4.79 Å². The Morgan fingerprint density at radius 1 is 1.59 bits per heavy atom. The molecule has 0 heterocycles. The molecule has 0 bridgehead atoms. The predicted molar refractivity (Wildman–Crippen MR) is 75.2 cm³/mol. The van der Waals surface area contributed by atoms with Crippen molar-refractivity contribution in [2.45, 2.75) is 26.3 Å². The highest BCUT2D eigenvalue weighted by atomic mass is 79.9. The van der Waals surface area contributed by atoms with Crippen LogP contribution in [0.15, 0.2) is 22.7 Å². The molecule has 2 atom stereocenters. The zero-order valence-electron chi connectivity index (χ0n) is 9.84. The van der Waals surface area contributed by atoms with Crippen molar-refractivity contribution >= 4 is 39.1 Å². The van der Waals surface area contributed by atoms with Gasteiger partial charge in [0.2, 0.25) is 5.91 Å². The quantitative estimate of drug-likeness (QED) is 0.893. The molecule has 1 aromatic carbocycles. The highest BCUT2D eigenvalue weighted by Gasteiger charge is 2.20. The zero-order chi connectivity index (χ0) is 13.0. The van der Waals surface area contributed by atoms with Crippen molar-refractivity contribution in [3.05, 3.63) is 27.7 Å². The lowest BCUT2D eigenvalue weighted by Gasteiger charge is -2.18. The Balaban J connectivity index is 2.77. The fourth-order valence-electron chi connectivity index (χ4n) is 1.32. The lowest BCUT2D eigenvalue weighted by molar-refractivity contribution is -0.118. The van der Waals surface area contributed by atoms with Gasteiger partial charge in [0.05, 0.1) is 16.8 Å². The minimum absolute atomic E-state index is 0.140. The van der Waals surface area contributed by atoms with Crippen LogP contribution in [0.2, 0.25) is 5.02 Å². The molecule has 3 N–H and O–H groups in total. The SMILES string of the molecule is CC[C@H](C)[C@H](N)C(=O)Nc1cc(Br)ccc1Cl. The van der Waals surface area contributed by atoms with Gasteiger partial charge in [-0.05, 0) is 24.1 Å². The van der Waals surface area contributed by atoms with E-state index in [0.29, 0.717) is 10.7 Å². The molecule has 0 saturated heterocycles. The van der Waals surface area contributed by atoms with Crippen molar-refractivity contribution in [1.82, 2.24) is 0 Å². The Hall–Kier alpha value is -0.580. The highest BCUT2D eigenvalue weighted by molar-refractivity contribution is 9.10. The number of rotatable bonds is 4. The van der Waals surface area contributed by atoms with E-state index in [2.05, 4.69) is 21.2 Å². The van der Waals surface area contributed by atoms with Gasteiger partial charge in [-0.15, -0.1) is 0 Å². The van der Waals surface area contributed by atoms with Gasteiger partial charge in [-0.1, -0.05) is 47.8 Å². The normalized spacial score (nSPS) is 14.2. The van der Waals surface area contributed by atoms with Crippen LogP contribution in [0.1, 0.15) is 20.3 Å². The predicted octanol–water partition coefficient (Wildman–Crippen LogP) is 3.41. The maximum absolute atomic E-state index is 11.9. The van der Waals surface area contributed by atoms with Gasteiger partial charge in [-0.2, -0.15) is 0 Å². The molecule has 1 rings (SSSR count). The summed E-state index contributed by atoms with van der Waals surface area (Å²) in [6.45, 7) is 3.96. The van der Waals surface area contributed by atoms with E-state index in [1.54, 1.807) is 12.1 Å². The maximum Gasteiger partial charge on any atom is 0.241 e. The standard InChI is InChI=1S/C12H16BrClN2O/c1-3-7(2)11(15)12(17)16-10-6-8(13)4-5-9(10)14/h4-7,11H,3,15H2,1-2H3,(H,16,17)/t7-,11-/m0/s1. The summed E-state index contributed by atoms with van der Waals surface area (Å²) in [6.07, 6.45) is 0.862. The van der Waals surface area contributed by atoms with E-state index in [1.165, 1.54) is 0 Å². The van der Waals surface area contributed by atoms with Gasteiger partial charge >= 0.3 is 0 Å². The molecule has 1 amide bonds. The van der Waals surface area contributed by atoms with Crippen molar-refractivity contribution in [3.8, 4) is 0 Å². The van der Waals surface area contributed by atoms with Crippen molar-refractivity contribution in [2.75, 3.05) is 5.32 Å². The molecule has 0 aromatic heterocycles. The third-order valence-corrected chi connectivity index (χ3v) is 3.57. The first-order valence-electron chi connectivity index (χ1n) is 5.47. The Labute approximate surface area is 115 Å². The molecule has 0 radical (unpaired) electrons. The summed E-state index contributed by atoms with van der Waals surface area (Å²) >= 11 is 9.31. The maximum atomic E-state index is 11.9. The van der Waals surface area contributed by atoms with Gasteiger partial charge in [0.25, 0.3) is 0 Å². The molecule has 0 aliphatic carbocycles. The Bertz CT molecular complexity index is 411. The molecule has 94 valence electrons. The first-order valence-corrected chi connectivity index (χ1v) is 6.64. The van der Waals surface area contributed by atoms with Gasteiger partial charge < -0.3 is 11.1 Å². The van der Waals surface area contributed by atoms with Crippen LogP contribution >= 0.6 is 27.5 Å². The van der Waals surface area contributed by atoms with Crippen molar-refractivity contribution in [3.63, 3.8) is 0 Å². The molecule has 0 spiro atoms. The number of nitrogens with one attached hydrogen (secondary N) is 1. The second-order valence-electron chi connectivity index (χ2n) is 4.02. The summed E-state index contributed by atoms with van der Waals surface area (Å²) in [6, 6.07) is 4.77. The number of benzene rings is 1. The van der Waals surface area contributed by atoms with Gasteiger partial charge in [0.1, 0.15) is 0 Å². The van der Waals surface area contributed by atoms with E-state index >= 15 is 0 Å². The average Bonchev–Trinajstić information content (AvgIpc) is 2.31. The summed E-state index contributed by atoms with van der Waals surface area (Å²) in [5.74, 6) is -0.0692. The third kappa shape index (κ3) is 3.98. The molecule has 17 heavy (non-hydrogen) atoms. The first-order chi connectivity index (χ1) is 7.95. The second kappa shape index (κ2) is 6.38. The lowest BCUT2D eigenvalue weighted by Crippen LogP contribution is -2.40. The average molecular weight is 320 g/mol. The lowest BCUT2D eigenvalue weighted by atomic mass is 9.99. The van der Waals surface area contributed by atoms with Crippen LogP contribution in [0.25, 0.3) is 0 Å². The molecule has 1 aromatic rings. The summed E-state index contributed by atoms with van der Waals surface area (Å²) in [5.41, 5.74) is 6.41. The van der Waals surface area contributed by atoms with Crippen molar-refractivity contribution in [2.24, 2.45) is 11.7 Å². The number of anilines is 1. The van der Waals surface area contributed by atoms with Crippen LogP contribution in [0.5, 0.6) is 0 Å². The summed E-state index contributed by atoms with van der Waals surface area (Å²) < 4.78 is 0.856. The molecule has 0 unspecified atom stereocenters. The molecule has 0 fully saturated rings. The van der Waals surface area contributed by atoms with E-state index < -0.39 is 6.04 Å². The Kier molecular flexibility index (Phi) is 5.43. The van der Waals surface area contributed by atoms with Crippen LogP contribution in [-0.4, -0.2) is 11.9 Å². The third-order valence-electron chi connectivity index (χ3n) is 2.75. The number of hydrogen-bond donors (Lipinski definition) is 2. The van der Waals surface area contributed by atoms with E-state index in [4.69, 9.17) is 17.3 Å². The van der Waals surface area contributed by atoms with Crippen LogP contribution in [0.4, 0.5) is 5.69 Å². The minimum atomic E-state index is -0.518. The number of halogens is 2. The zero-order valence-corrected chi connectivity index (χ0v) is 12.2. The number of hydrogen-bond acceptors (Lipinski definition) is 2. The van der Waals surface area contributed by atoms with Crippen molar-refractivity contribution in [1.29, 1.82) is 0 Å². The van der Waals surface area contributed by atoms with E-state index in [9.17, 15) is 4.79 Å². The Morgan fingerprint density at radius 2 is 2.24 bits per heavy atom. The number of amides is 1. The smallest absolute Gasteiger partial charge is 0.241 e. The van der Waals surface area contributed by atoms with Crippen LogP contribution in [0.3, 0.4) is 0 Å². The van der Waals surface area contributed by atoms with E-state index in [1.807, 2.05) is 19.9 Å². The molecule has 0 saturated carbocycles. The Morgan fingerprint density at radius 3 is 2.82 bits per heavy atom. The largest absolute Gasteiger partial charge is 0.323 e. The highest BCUT2D eigenvalue weighted by Crippen LogP contribution is 2.26. The number of carbonyl (C=O) groups excluding carboxylic acids is 1. The number of carbonyl (C=O) groups is 1. The van der Waals surface area contributed by atoms with Crippen LogP contribution in [-0.2, 0) is 4.79 Å². The molecular formula is C12H16BrClN2O. The fraction of sp³-hybridized carbons (Fsp3) is 0.417. The minimum Gasteiger partial charge on any atom is -0.323 e. The summed E-state index contributed by atoms with van der Waals surface area (Å²) in [5, 5.41) is 3.24. The molecule has 0 aliphatic heterocycles. The van der Waals surface area contributed by atoms with Gasteiger partial charge in [-0.3, -0.25) is 4.79 Å².